The van der Waals surface area contributed by atoms with Crippen LogP contribution < -0.4 is 5.32 Å². The number of carbonyl (C=O) groups excluding carboxylic acids is 1. The van der Waals surface area contributed by atoms with Gasteiger partial charge in [0.15, 0.2) is 12.6 Å². The highest BCUT2D eigenvalue weighted by Crippen LogP contribution is 2.30. The lowest BCUT2D eigenvalue weighted by atomic mass is 9.97. The van der Waals surface area contributed by atoms with Crippen molar-refractivity contribution in [1.82, 2.24) is 5.32 Å². The van der Waals surface area contributed by atoms with E-state index in [0.29, 0.717) is 12.8 Å². The summed E-state index contributed by atoms with van der Waals surface area (Å²) in [5.41, 5.74) is 0. The Kier molecular flexibility index (Phi) is 41.6. The van der Waals surface area contributed by atoms with Crippen molar-refractivity contribution in [2.45, 2.75) is 261 Å². The van der Waals surface area contributed by atoms with Crippen LogP contribution in [0.4, 0.5) is 0 Å². The Morgan fingerprint density at radius 3 is 1.47 bits per heavy atom. The maximum Gasteiger partial charge on any atom is 0.220 e. The van der Waals surface area contributed by atoms with Crippen LogP contribution in [0.3, 0.4) is 0 Å². The van der Waals surface area contributed by atoms with Crippen molar-refractivity contribution >= 4 is 5.91 Å². The Morgan fingerprint density at radius 1 is 0.493 bits per heavy atom. The first-order chi connectivity index (χ1) is 36.6. The molecule has 2 aliphatic heterocycles. The van der Waals surface area contributed by atoms with Gasteiger partial charge >= 0.3 is 0 Å². The maximum absolute atomic E-state index is 13.2. The lowest BCUT2D eigenvalue weighted by Gasteiger charge is -2.46. The summed E-state index contributed by atoms with van der Waals surface area (Å²) in [7, 11) is 0. The summed E-state index contributed by atoms with van der Waals surface area (Å²) in [5, 5.41) is 87.0. The van der Waals surface area contributed by atoms with E-state index in [1.165, 1.54) is 77.0 Å². The zero-order chi connectivity index (χ0) is 54.6. The molecule has 0 aliphatic carbocycles. The Bertz CT molecular complexity index is 1620. The number of aliphatic hydroxyl groups excluding tert-OH is 8. The van der Waals surface area contributed by atoms with Crippen LogP contribution in [-0.4, -0.2) is 140 Å². The van der Waals surface area contributed by atoms with Gasteiger partial charge in [0.2, 0.25) is 5.91 Å². The first-order valence-electron chi connectivity index (χ1n) is 29.0. The molecule has 2 saturated heterocycles. The Labute approximate surface area is 452 Å². The van der Waals surface area contributed by atoms with Crippen molar-refractivity contribution in [3.05, 3.63) is 97.2 Å². The van der Waals surface area contributed by atoms with Crippen molar-refractivity contribution in [3.63, 3.8) is 0 Å². The molecule has 0 radical (unpaired) electrons. The second kappa shape index (κ2) is 45.9. The second-order valence-corrected chi connectivity index (χ2v) is 20.0. The molecule has 430 valence electrons. The highest BCUT2D eigenvalue weighted by atomic mass is 16.7. The van der Waals surface area contributed by atoms with Gasteiger partial charge in [-0.25, -0.2) is 0 Å². The van der Waals surface area contributed by atoms with Crippen molar-refractivity contribution in [3.8, 4) is 0 Å². The molecule has 1 amide bonds. The Morgan fingerprint density at radius 2 is 0.933 bits per heavy atom. The zero-order valence-corrected chi connectivity index (χ0v) is 46.0. The molecule has 12 unspecified atom stereocenters. The van der Waals surface area contributed by atoms with Crippen LogP contribution in [0.15, 0.2) is 97.2 Å². The minimum atomic E-state index is -1.80. The Balaban J connectivity index is 1.84. The smallest absolute Gasteiger partial charge is 0.220 e. The molecule has 12 atom stereocenters. The minimum Gasteiger partial charge on any atom is -0.394 e. The lowest BCUT2D eigenvalue weighted by Crippen LogP contribution is -2.65. The van der Waals surface area contributed by atoms with Gasteiger partial charge < -0.3 is 65.1 Å². The van der Waals surface area contributed by atoms with Crippen LogP contribution >= 0.6 is 0 Å². The van der Waals surface area contributed by atoms with Gasteiger partial charge in [-0.05, 0) is 89.9 Å². The summed E-state index contributed by atoms with van der Waals surface area (Å²) < 4.78 is 22.7. The SMILES string of the molecule is CC/C=C\C/C=C\C/C=C\C/C=C\C/C=C\CCCCCC(=O)NC(COC1OC(CO)C(OC2OC(CO)C(O)C(O)C2O)C(O)C1O)C(O)/C=C/CC/C=C/CC/C=C/CCCCCCCCCCCCCC. The number of rotatable bonds is 44. The third-order valence-corrected chi connectivity index (χ3v) is 13.5. The number of carbonyl (C=O) groups is 1. The molecule has 2 fully saturated rings. The Hall–Kier alpha value is -3.09. The average Bonchev–Trinajstić information content (AvgIpc) is 3.41. The van der Waals surface area contributed by atoms with Gasteiger partial charge in [0, 0.05) is 6.42 Å². The zero-order valence-electron chi connectivity index (χ0n) is 46.0. The first-order valence-corrected chi connectivity index (χ1v) is 29.0. The van der Waals surface area contributed by atoms with Crippen molar-refractivity contribution in [2.75, 3.05) is 19.8 Å². The molecule has 9 N–H and O–H groups in total. The molecular formula is C61H103NO13. The van der Waals surface area contributed by atoms with E-state index in [9.17, 15) is 45.6 Å². The number of amides is 1. The summed E-state index contributed by atoms with van der Waals surface area (Å²) >= 11 is 0. The number of ether oxygens (including phenoxy) is 4. The van der Waals surface area contributed by atoms with Gasteiger partial charge in [-0.15, -0.1) is 0 Å². The normalized spacial score (nSPS) is 25.8. The fourth-order valence-electron chi connectivity index (χ4n) is 8.82. The van der Waals surface area contributed by atoms with Crippen molar-refractivity contribution in [1.29, 1.82) is 0 Å². The van der Waals surface area contributed by atoms with Gasteiger partial charge in [-0.2, -0.15) is 0 Å². The van der Waals surface area contributed by atoms with Crippen molar-refractivity contribution in [2.24, 2.45) is 0 Å². The van der Waals surface area contributed by atoms with E-state index >= 15 is 0 Å². The predicted octanol–water partition coefficient (Wildman–Crippen LogP) is 9.49. The van der Waals surface area contributed by atoms with Crippen LogP contribution in [0, 0.1) is 0 Å². The number of nitrogens with one attached hydrogen (secondary N) is 1. The number of aliphatic hydroxyl groups is 8. The molecule has 0 aromatic heterocycles. The highest BCUT2D eigenvalue weighted by molar-refractivity contribution is 5.76. The number of hydrogen-bond acceptors (Lipinski definition) is 13. The fraction of sp³-hybridized carbons (Fsp3) is 0.721. The van der Waals surface area contributed by atoms with Crippen LogP contribution in [0.2, 0.25) is 0 Å². The molecular weight excluding hydrogens is 955 g/mol. The molecule has 0 saturated carbocycles. The fourth-order valence-corrected chi connectivity index (χ4v) is 8.82. The summed E-state index contributed by atoms with van der Waals surface area (Å²) in [5.74, 6) is -0.289. The lowest BCUT2D eigenvalue weighted by molar-refractivity contribution is -0.359. The minimum absolute atomic E-state index is 0.225. The van der Waals surface area contributed by atoms with Crippen molar-refractivity contribution < 1.29 is 64.6 Å². The van der Waals surface area contributed by atoms with Crippen LogP contribution in [-0.2, 0) is 23.7 Å². The van der Waals surface area contributed by atoms with Crippen LogP contribution in [0.25, 0.3) is 0 Å². The third-order valence-electron chi connectivity index (χ3n) is 13.5. The van der Waals surface area contributed by atoms with E-state index in [4.69, 9.17) is 18.9 Å². The van der Waals surface area contributed by atoms with Crippen LogP contribution in [0.5, 0.6) is 0 Å². The highest BCUT2D eigenvalue weighted by Gasteiger charge is 2.51. The third kappa shape index (κ3) is 31.8. The summed E-state index contributed by atoms with van der Waals surface area (Å²) in [6.07, 6.45) is 45.9. The monoisotopic (exact) mass is 1060 g/mol. The quantitative estimate of drug-likeness (QED) is 0.0205. The largest absolute Gasteiger partial charge is 0.394 e. The van der Waals surface area contributed by atoms with E-state index in [0.717, 1.165) is 77.0 Å². The van der Waals surface area contributed by atoms with E-state index < -0.39 is 86.8 Å². The summed E-state index contributed by atoms with van der Waals surface area (Å²) in [6.45, 7) is 2.62. The average molecular weight is 1060 g/mol. The molecule has 0 spiro atoms. The molecule has 2 rings (SSSR count). The van der Waals surface area contributed by atoms with Gasteiger partial charge in [-0.1, -0.05) is 188 Å². The number of allylic oxidation sites excluding steroid dienone is 15. The molecule has 0 aromatic rings. The van der Waals surface area contributed by atoms with E-state index in [2.05, 4.69) is 104 Å². The van der Waals surface area contributed by atoms with Gasteiger partial charge in [0.25, 0.3) is 0 Å². The summed E-state index contributed by atoms with van der Waals surface area (Å²) in [6, 6.07) is -0.962. The van der Waals surface area contributed by atoms with Gasteiger partial charge in [0.05, 0.1) is 32.0 Å². The molecule has 0 bridgehead atoms. The van der Waals surface area contributed by atoms with Gasteiger partial charge in [-0.3, -0.25) is 4.79 Å². The molecule has 14 nitrogen and oxygen atoms in total. The predicted molar refractivity (Wildman–Crippen MR) is 299 cm³/mol. The van der Waals surface area contributed by atoms with Gasteiger partial charge in [0.1, 0.15) is 48.8 Å². The van der Waals surface area contributed by atoms with E-state index in [1.54, 1.807) is 6.08 Å². The summed E-state index contributed by atoms with van der Waals surface area (Å²) in [4.78, 5) is 13.2. The standard InChI is InChI=1S/C61H103NO13/c1-3-5-7-9-11-13-15-17-19-21-23-24-25-27-28-30-32-34-36-38-40-42-44-50(65)49(62-53(66)45-43-41-39-37-35-33-31-29-26-22-20-18-16-14-12-10-8-6-4-2)48-72-60-58(71)56(69)59(52(47-64)74-60)75-61-57(70)55(68)54(67)51(46-63)73-61/h6,8,12,14,18,20,26-29,33-36,42,44,49-52,54-61,63-65,67-71H,3-5,7,9-11,13,15-17,19,21-25,30-32,37-41,43,45-48H2,1-2H3,(H,62,66)/b8-6-,14-12-,20-18-,28-27+,29-26-,35-33-,36-34+,44-42+. The molecule has 75 heavy (non-hydrogen) atoms. The molecule has 14 heteroatoms. The second-order valence-electron chi connectivity index (χ2n) is 20.0. The molecule has 0 aromatic carbocycles. The maximum atomic E-state index is 13.2. The molecule has 2 aliphatic rings. The number of hydrogen-bond donors (Lipinski definition) is 9. The topological polar surface area (TPSA) is 228 Å². The first kappa shape index (κ1) is 68.0. The van der Waals surface area contributed by atoms with E-state index in [1.807, 2.05) is 6.08 Å². The van der Waals surface area contributed by atoms with Crippen LogP contribution in [0.1, 0.15) is 187 Å². The number of unbranched alkanes of at least 4 members (excludes halogenated alkanes) is 17. The van der Waals surface area contributed by atoms with E-state index in [-0.39, 0.29) is 18.9 Å². The molecule has 2 heterocycles.